The highest BCUT2D eigenvalue weighted by Gasteiger charge is 2.08. The zero-order valence-electron chi connectivity index (χ0n) is 8.91. The van der Waals surface area contributed by atoms with E-state index in [4.69, 9.17) is 4.74 Å². The van der Waals surface area contributed by atoms with E-state index < -0.39 is 0 Å². The molecule has 0 aliphatic carbocycles. The van der Waals surface area contributed by atoms with Crippen molar-refractivity contribution in [2.75, 3.05) is 12.4 Å². The number of hydrogen-bond acceptors (Lipinski definition) is 5. The molecule has 0 aliphatic rings. The SMILES string of the molecule is CNc1snnc1COc1ccc(Br)cc1Br. The molecular formula is C10H9Br2N3OS. The number of halogens is 2. The van der Waals surface area contributed by atoms with Crippen molar-refractivity contribution < 1.29 is 4.74 Å². The summed E-state index contributed by atoms with van der Waals surface area (Å²) in [6.07, 6.45) is 0. The fourth-order valence-corrected chi connectivity index (χ4v) is 2.91. The lowest BCUT2D eigenvalue weighted by Gasteiger charge is -2.07. The third-order valence-corrected chi connectivity index (χ3v) is 3.94. The Kier molecular flexibility index (Phi) is 4.36. The summed E-state index contributed by atoms with van der Waals surface area (Å²) in [6.45, 7) is 0.396. The average molecular weight is 379 g/mol. The van der Waals surface area contributed by atoms with Crippen LogP contribution in [0, 0.1) is 0 Å². The Balaban J connectivity index is 2.07. The smallest absolute Gasteiger partial charge is 0.136 e. The van der Waals surface area contributed by atoms with Gasteiger partial charge in [-0.1, -0.05) is 20.4 Å². The van der Waals surface area contributed by atoms with E-state index >= 15 is 0 Å². The second-order valence-corrected chi connectivity index (χ2v) is 5.69. The molecule has 2 aromatic rings. The van der Waals surface area contributed by atoms with E-state index in [0.717, 1.165) is 25.4 Å². The summed E-state index contributed by atoms with van der Waals surface area (Å²) in [7, 11) is 1.84. The highest BCUT2D eigenvalue weighted by atomic mass is 79.9. The van der Waals surface area contributed by atoms with E-state index in [9.17, 15) is 0 Å². The minimum absolute atomic E-state index is 0.396. The van der Waals surface area contributed by atoms with Gasteiger partial charge in [-0.25, -0.2) is 0 Å². The van der Waals surface area contributed by atoms with E-state index in [1.165, 1.54) is 11.5 Å². The Morgan fingerprint density at radius 2 is 2.24 bits per heavy atom. The average Bonchev–Trinajstić information content (AvgIpc) is 2.75. The minimum Gasteiger partial charge on any atom is -0.486 e. The standard InChI is InChI=1S/C10H9Br2N3OS/c1-13-10-8(14-15-17-10)5-16-9-3-2-6(11)4-7(9)12/h2-4,13H,5H2,1H3. The molecule has 7 heteroatoms. The number of aromatic nitrogens is 2. The minimum atomic E-state index is 0.396. The van der Waals surface area contributed by atoms with Gasteiger partial charge in [-0.2, -0.15) is 0 Å². The van der Waals surface area contributed by atoms with Crippen LogP contribution in [0.5, 0.6) is 5.75 Å². The Bertz CT molecular complexity index is 518. The first kappa shape index (κ1) is 12.8. The van der Waals surface area contributed by atoms with Crippen LogP contribution in [0.2, 0.25) is 0 Å². The summed E-state index contributed by atoms with van der Waals surface area (Å²) < 4.78 is 11.5. The molecule has 1 N–H and O–H groups in total. The van der Waals surface area contributed by atoms with Gasteiger partial charge in [0.1, 0.15) is 23.1 Å². The molecule has 1 aromatic heterocycles. The van der Waals surface area contributed by atoms with Crippen LogP contribution in [0.4, 0.5) is 5.00 Å². The Hall–Kier alpha value is -0.660. The highest BCUT2D eigenvalue weighted by molar-refractivity contribution is 9.11. The van der Waals surface area contributed by atoms with E-state index in [0.29, 0.717) is 6.61 Å². The number of hydrogen-bond donors (Lipinski definition) is 1. The zero-order chi connectivity index (χ0) is 12.3. The number of nitrogens with one attached hydrogen (secondary N) is 1. The van der Waals surface area contributed by atoms with Crippen molar-refractivity contribution in [3.8, 4) is 5.75 Å². The number of rotatable bonds is 4. The van der Waals surface area contributed by atoms with Crippen molar-refractivity contribution >= 4 is 48.4 Å². The molecule has 0 fully saturated rings. The Morgan fingerprint density at radius 3 is 2.94 bits per heavy atom. The van der Waals surface area contributed by atoms with Gasteiger partial charge in [-0.15, -0.1) is 5.10 Å². The second-order valence-electron chi connectivity index (χ2n) is 3.16. The predicted octanol–water partition coefficient (Wildman–Crippen LogP) is 3.68. The maximum Gasteiger partial charge on any atom is 0.136 e. The third kappa shape index (κ3) is 3.17. The van der Waals surface area contributed by atoms with Gasteiger partial charge in [0.05, 0.1) is 4.47 Å². The van der Waals surface area contributed by atoms with Crippen LogP contribution in [-0.4, -0.2) is 16.6 Å². The quantitative estimate of drug-likeness (QED) is 0.881. The van der Waals surface area contributed by atoms with Crippen LogP contribution in [-0.2, 0) is 6.61 Å². The molecule has 0 bridgehead atoms. The third-order valence-electron chi connectivity index (χ3n) is 2.04. The van der Waals surface area contributed by atoms with E-state index in [1.807, 2.05) is 25.2 Å². The highest BCUT2D eigenvalue weighted by Crippen LogP contribution is 2.29. The van der Waals surface area contributed by atoms with E-state index in [2.05, 4.69) is 46.8 Å². The summed E-state index contributed by atoms with van der Waals surface area (Å²) >= 11 is 8.16. The summed E-state index contributed by atoms with van der Waals surface area (Å²) in [6, 6.07) is 5.76. The van der Waals surface area contributed by atoms with Crippen molar-refractivity contribution in [1.29, 1.82) is 0 Å². The van der Waals surface area contributed by atoms with Gasteiger partial charge in [-0.3, -0.25) is 0 Å². The largest absolute Gasteiger partial charge is 0.486 e. The fraction of sp³-hybridized carbons (Fsp3) is 0.200. The second kappa shape index (κ2) is 5.79. The van der Waals surface area contributed by atoms with Crippen LogP contribution in [0.25, 0.3) is 0 Å². The van der Waals surface area contributed by atoms with Gasteiger partial charge in [0.2, 0.25) is 0 Å². The first-order valence-electron chi connectivity index (χ1n) is 4.77. The van der Waals surface area contributed by atoms with Crippen molar-refractivity contribution in [3.05, 3.63) is 32.8 Å². The molecule has 4 nitrogen and oxygen atoms in total. The summed E-state index contributed by atoms with van der Waals surface area (Å²) in [4.78, 5) is 0. The molecule has 2 rings (SSSR count). The van der Waals surface area contributed by atoms with Gasteiger partial charge in [0, 0.05) is 23.1 Å². The molecule has 0 atom stereocenters. The molecular weight excluding hydrogens is 370 g/mol. The lowest BCUT2D eigenvalue weighted by atomic mass is 10.3. The van der Waals surface area contributed by atoms with Gasteiger partial charge < -0.3 is 10.1 Å². The van der Waals surface area contributed by atoms with E-state index in [-0.39, 0.29) is 0 Å². The monoisotopic (exact) mass is 377 g/mol. The molecule has 0 radical (unpaired) electrons. The maximum absolute atomic E-state index is 5.68. The number of ether oxygens (including phenoxy) is 1. The van der Waals surface area contributed by atoms with E-state index in [1.54, 1.807) is 0 Å². The number of benzene rings is 1. The van der Waals surface area contributed by atoms with Crippen LogP contribution in [0.1, 0.15) is 5.69 Å². The van der Waals surface area contributed by atoms with Gasteiger partial charge in [0.25, 0.3) is 0 Å². The summed E-state index contributed by atoms with van der Waals surface area (Å²) in [5, 5.41) is 7.96. The van der Waals surface area contributed by atoms with Crippen molar-refractivity contribution in [3.63, 3.8) is 0 Å². The van der Waals surface area contributed by atoms with Gasteiger partial charge >= 0.3 is 0 Å². The molecule has 1 heterocycles. The van der Waals surface area contributed by atoms with Crippen LogP contribution < -0.4 is 10.1 Å². The first-order valence-corrected chi connectivity index (χ1v) is 7.13. The number of nitrogens with zero attached hydrogens (tertiary/aromatic N) is 2. The molecule has 1 aromatic carbocycles. The Morgan fingerprint density at radius 1 is 1.41 bits per heavy atom. The number of anilines is 1. The molecule has 90 valence electrons. The zero-order valence-corrected chi connectivity index (χ0v) is 12.9. The lowest BCUT2D eigenvalue weighted by Crippen LogP contribution is -1.99. The lowest BCUT2D eigenvalue weighted by molar-refractivity contribution is 0.300. The van der Waals surface area contributed by atoms with Gasteiger partial charge in [0.15, 0.2) is 0 Å². The molecule has 0 saturated heterocycles. The van der Waals surface area contributed by atoms with Crippen molar-refractivity contribution in [2.24, 2.45) is 0 Å². The van der Waals surface area contributed by atoms with Crippen molar-refractivity contribution in [1.82, 2.24) is 9.59 Å². The predicted molar refractivity (Wildman–Crippen MR) is 75.6 cm³/mol. The normalized spacial score (nSPS) is 10.3. The summed E-state index contributed by atoms with van der Waals surface area (Å²) in [5.74, 6) is 0.781. The molecule has 0 saturated carbocycles. The van der Waals surface area contributed by atoms with Crippen molar-refractivity contribution in [2.45, 2.75) is 6.61 Å². The molecule has 0 unspecified atom stereocenters. The van der Waals surface area contributed by atoms with Crippen LogP contribution in [0.15, 0.2) is 27.1 Å². The van der Waals surface area contributed by atoms with Gasteiger partial charge in [-0.05, 0) is 34.1 Å². The topological polar surface area (TPSA) is 47.0 Å². The molecule has 17 heavy (non-hydrogen) atoms. The van der Waals surface area contributed by atoms with Crippen LogP contribution in [0.3, 0.4) is 0 Å². The molecule has 0 spiro atoms. The summed E-state index contributed by atoms with van der Waals surface area (Å²) in [5.41, 5.74) is 0.812. The molecule has 0 amide bonds. The first-order chi connectivity index (χ1) is 8.20. The Labute approximate surface area is 120 Å². The van der Waals surface area contributed by atoms with Crippen LogP contribution >= 0.6 is 43.4 Å². The maximum atomic E-state index is 5.68. The molecule has 0 aliphatic heterocycles. The fourth-order valence-electron chi connectivity index (χ4n) is 1.23.